The third kappa shape index (κ3) is 7.19. The average molecular weight is 541 g/mol. The van der Waals surface area contributed by atoms with Gasteiger partial charge in [-0.15, -0.1) is 0 Å². The Labute approximate surface area is 239 Å². The molecule has 3 aromatic rings. The first kappa shape index (κ1) is 28.1. The van der Waals surface area contributed by atoms with Crippen molar-refractivity contribution in [2.45, 2.75) is 58.8 Å². The standard InChI is InChI=1S/C35H44N2O3/c1-35(2)25-28-22-29(38)12-11-27(28)23-33(35)32-16-13-30(39)24-34(32)36-17-7-8-26-9-14-31(15-10-26)40-21-20-37-18-5-3-4-6-19-37/h9-16,22-24,36,38-39H,3-8,17-21,25H2,1-2H3. The smallest absolute Gasteiger partial charge is 0.119 e. The molecule has 2 aliphatic rings. The number of nitrogens with one attached hydrogen (secondary N) is 1. The second-order valence-electron chi connectivity index (χ2n) is 12.0. The Morgan fingerprint density at radius 1 is 0.875 bits per heavy atom. The number of aryl methyl sites for hydroxylation is 1. The fraction of sp³-hybridized carbons (Fsp3) is 0.429. The first-order valence-electron chi connectivity index (χ1n) is 14.9. The first-order valence-corrected chi connectivity index (χ1v) is 14.9. The van der Waals surface area contributed by atoms with Crippen LogP contribution in [0.4, 0.5) is 5.69 Å². The zero-order chi connectivity index (χ0) is 28.0. The lowest BCUT2D eigenvalue weighted by atomic mass is 9.70. The summed E-state index contributed by atoms with van der Waals surface area (Å²) in [5.41, 5.74) is 6.80. The van der Waals surface area contributed by atoms with Gasteiger partial charge in [0.15, 0.2) is 0 Å². The van der Waals surface area contributed by atoms with E-state index in [1.165, 1.54) is 49.9 Å². The maximum absolute atomic E-state index is 10.3. The van der Waals surface area contributed by atoms with Gasteiger partial charge in [-0.1, -0.05) is 51.0 Å². The minimum atomic E-state index is -0.106. The number of aromatic hydroxyl groups is 2. The quantitative estimate of drug-likeness (QED) is 0.232. The Kier molecular flexibility index (Phi) is 9.01. The van der Waals surface area contributed by atoms with Gasteiger partial charge in [-0.2, -0.15) is 0 Å². The Morgan fingerprint density at radius 3 is 2.38 bits per heavy atom. The van der Waals surface area contributed by atoms with E-state index in [0.717, 1.165) is 67.1 Å². The summed E-state index contributed by atoms with van der Waals surface area (Å²) in [6.07, 6.45) is 10.4. The lowest BCUT2D eigenvalue weighted by Crippen LogP contribution is -2.29. The molecular formula is C35H44N2O3. The predicted octanol–water partition coefficient (Wildman–Crippen LogP) is 7.52. The number of rotatable bonds is 10. The summed E-state index contributed by atoms with van der Waals surface area (Å²) in [4.78, 5) is 2.53. The van der Waals surface area contributed by atoms with Crippen LogP contribution in [0.25, 0.3) is 11.6 Å². The number of hydrogen-bond acceptors (Lipinski definition) is 5. The van der Waals surface area contributed by atoms with Crippen molar-refractivity contribution >= 4 is 17.3 Å². The van der Waals surface area contributed by atoms with Crippen LogP contribution in [0.1, 0.15) is 68.2 Å². The van der Waals surface area contributed by atoms with Crippen LogP contribution < -0.4 is 10.1 Å². The molecule has 1 aliphatic carbocycles. The topological polar surface area (TPSA) is 65.0 Å². The SMILES string of the molecule is CC1(C)Cc2cc(O)ccc2C=C1c1ccc(O)cc1NCCCc1ccc(OCCN2CCCCCC2)cc1. The van der Waals surface area contributed by atoms with Crippen LogP contribution in [0, 0.1) is 5.41 Å². The van der Waals surface area contributed by atoms with Gasteiger partial charge in [-0.25, -0.2) is 0 Å². The van der Waals surface area contributed by atoms with Crippen LogP contribution in [0.15, 0.2) is 60.7 Å². The number of allylic oxidation sites excluding steroid dienone is 1. The van der Waals surface area contributed by atoms with Crippen molar-refractivity contribution in [2.75, 3.05) is 38.1 Å². The Morgan fingerprint density at radius 2 is 1.60 bits per heavy atom. The molecule has 0 aromatic heterocycles. The molecule has 40 heavy (non-hydrogen) atoms. The molecule has 0 spiro atoms. The van der Waals surface area contributed by atoms with Crippen molar-refractivity contribution in [1.29, 1.82) is 0 Å². The van der Waals surface area contributed by atoms with Gasteiger partial charge in [0, 0.05) is 30.4 Å². The fourth-order valence-electron chi connectivity index (χ4n) is 6.08. The number of hydrogen-bond donors (Lipinski definition) is 3. The summed E-state index contributed by atoms with van der Waals surface area (Å²) in [6.45, 7) is 9.45. The molecular weight excluding hydrogens is 496 g/mol. The molecule has 0 amide bonds. The second-order valence-corrected chi connectivity index (χ2v) is 12.0. The van der Waals surface area contributed by atoms with E-state index in [1.807, 2.05) is 24.3 Å². The van der Waals surface area contributed by atoms with Crippen LogP contribution in [-0.4, -0.2) is 47.9 Å². The van der Waals surface area contributed by atoms with E-state index < -0.39 is 0 Å². The Bertz CT molecular complexity index is 1300. The highest BCUT2D eigenvalue weighted by Gasteiger charge is 2.31. The minimum Gasteiger partial charge on any atom is -0.508 e. The number of likely N-dealkylation sites (tertiary alicyclic amines) is 1. The zero-order valence-corrected chi connectivity index (χ0v) is 24.1. The van der Waals surface area contributed by atoms with Gasteiger partial charge in [-0.05, 0) is 109 Å². The number of phenolic OH excluding ortho intramolecular Hbond substituents is 2. The first-order chi connectivity index (χ1) is 19.4. The van der Waals surface area contributed by atoms with E-state index in [0.29, 0.717) is 5.75 Å². The predicted molar refractivity (Wildman–Crippen MR) is 165 cm³/mol. The van der Waals surface area contributed by atoms with Crippen molar-refractivity contribution in [1.82, 2.24) is 4.90 Å². The number of anilines is 1. The number of ether oxygens (including phenoxy) is 1. The number of benzene rings is 3. The van der Waals surface area contributed by atoms with E-state index >= 15 is 0 Å². The molecule has 212 valence electrons. The van der Waals surface area contributed by atoms with Gasteiger partial charge in [0.25, 0.3) is 0 Å². The normalized spacial score (nSPS) is 17.0. The van der Waals surface area contributed by atoms with E-state index in [2.05, 4.69) is 54.4 Å². The molecule has 0 radical (unpaired) electrons. The molecule has 0 bridgehead atoms. The van der Waals surface area contributed by atoms with Gasteiger partial charge in [0.2, 0.25) is 0 Å². The summed E-state index contributed by atoms with van der Waals surface area (Å²) in [5.74, 6) is 1.52. The van der Waals surface area contributed by atoms with Crippen LogP contribution in [-0.2, 0) is 12.8 Å². The third-order valence-corrected chi connectivity index (χ3v) is 8.34. The average Bonchev–Trinajstić information content (AvgIpc) is 3.20. The molecule has 5 heteroatoms. The van der Waals surface area contributed by atoms with Gasteiger partial charge in [0.1, 0.15) is 23.9 Å². The molecule has 3 aromatic carbocycles. The maximum Gasteiger partial charge on any atom is 0.119 e. The van der Waals surface area contributed by atoms with Crippen LogP contribution >= 0.6 is 0 Å². The van der Waals surface area contributed by atoms with Crippen LogP contribution in [0.3, 0.4) is 0 Å². The minimum absolute atomic E-state index is 0.106. The van der Waals surface area contributed by atoms with Crippen LogP contribution in [0.2, 0.25) is 0 Å². The highest BCUT2D eigenvalue weighted by atomic mass is 16.5. The molecule has 1 heterocycles. The van der Waals surface area contributed by atoms with E-state index in [-0.39, 0.29) is 11.2 Å². The molecule has 1 fully saturated rings. The highest BCUT2D eigenvalue weighted by molar-refractivity contribution is 5.92. The van der Waals surface area contributed by atoms with Crippen molar-refractivity contribution in [3.05, 3.63) is 82.9 Å². The van der Waals surface area contributed by atoms with Gasteiger partial charge in [-0.3, -0.25) is 4.90 Å². The van der Waals surface area contributed by atoms with Crippen molar-refractivity contribution < 1.29 is 14.9 Å². The highest BCUT2D eigenvalue weighted by Crippen LogP contribution is 2.46. The summed E-state index contributed by atoms with van der Waals surface area (Å²) >= 11 is 0. The summed E-state index contributed by atoms with van der Waals surface area (Å²) in [5, 5.41) is 23.8. The second kappa shape index (κ2) is 12.8. The summed E-state index contributed by atoms with van der Waals surface area (Å²) < 4.78 is 6.02. The van der Waals surface area contributed by atoms with E-state index in [1.54, 1.807) is 12.1 Å². The Balaban J connectivity index is 1.15. The van der Waals surface area contributed by atoms with Gasteiger partial charge < -0.3 is 20.3 Å². The lowest BCUT2D eigenvalue weighted by Gasteiger charge is -2.34. The molecule has 0 unspecified atom stereocenters. The largest absolute Gasteiger partial charge is 0.508 e. The maximum atomic E-state index is 10.3. The molecule has 0 atom stereocenters. The molecule has 1 saturated heterocycles. The van der Waals surface area contributed by atoms with E-state index in [9.17, 15) is 10.2 Å². The Hall–Kier alpha value is -3.44. The molecule has 3 N–H and O–H groups in total. The fourth-order valence-corrected chi connectivity index (χ4v) is 6.08. The number of nitrogens with zero attached hydrogens (tertiary/aromatic N) is 1. The van der Waals surface area contributed by atoms with Crippen molar-refractivity contribution in [3.63, 3.8) is 0 Å². The summed E-state index contributed by atoms with van der Waals surface area (Å²) in [6, 6.07) is 19.7. The molecule has 0 saturated carbocycles. The lowest BCUT2D eigenvalue weighted by molar-refractivity contribution is 0.214. The van der Waals surface area contributed by atoms with E-state index in [4.69, 9.17) is 4.74 Å². The van der Waals surface area contributed by atoms with Gasteiger partial charge in [0.05, 0.1) is 0 Å². The number of fused-ring (bicyclic) bond motifs is 1. The molecule has 5 nitrogen and oxygen atoms in total. The molecule has 5 rings (SSSR count). The van der Waals surface area contributed by atoms with Crippen molar-refractivity contribution in [3.8, 4) is 17.2 Å². The summed E-state index contributed by atoms with van der Waals surface area (Å²) in [7, 11) is 0. The molecule has 1 aliphatic heterocycles. The monoisotopic (exact) mass is 540 g/mol. The van der Waals surface area contributed by atoms with Crippen LogP contribution in [0.5, 0.6) is 17.2 Å². The third-order valence-electron chi connectivity index (χ3n) is 8.34. The number of phenols is 2. The van der Waals surface area contributed by atoms with Crippen molar-refractivity contribution in [2.24, 2.45) is 5.41 Å². The zero-order valence-electron chi connectivity index (χ0n) is 24.1. The van der Waals surface area contributed by atoms with Gasteiger partial charge >= 0.3 is 0 Å².